The first-order valence-corrected chi connectivity index (χ1v) is 15.4. The molecule has 0 bridgehead atoms. The Kier molecular flexibility index (Phi) is 9.33. The minimum absolute atomic E-state index is 0.0303. The summed E-state index contributed by atoms with van der Waals surface area (Å²) >= 11 is 0. The molecule has 1 aliphatic rings. The molecule has 0 spiro atoms. The van der Waals surface area contributed by atoms with Crippen LogP contribution in [0, 0.1) is 6.92 Å². The molecule has 0 unspecified atom stereocenters. The molecule has 1 aromatic heterocycles. The van der Waals surface area contributed by atoms with Gasteiger partial charge in [0, 0.05) is 24.3 Å². The number of ether oxygens (including phenoxy) is 2. The van der Waals surface area contributed by atoms with Gasteiger partial charge in [-0.05, 0) is 70.5 Å². The van der Waals surface area contributed by atoms with Crippen LogP contribution in [0.4, 0.5) is 18.9 Å². The van der Waals surface area contributed by atoms with E-state index in [4.69, 9.17) is 9.47 Å². The summed E-state index contributed by atoms with van der Waals surface area (Å²) in [5.74, 6) is -0.867. The molecule has 0 saturated heterocycles. The number of carbonyl (C=O) groups excluding carboxylic acids is 2. The van der Waals surface area contributed by atoms with Gasteiger partial charge in [0.2, 0.25) is 5.91 Å². The molecule has 0 fully saturated rings. The average Bonchev–Trinajstić information content (AvgIpc) is 3.29. The largest absolute Gasteiger partial charge is 0.486 e. The number of rotatable bonds is 9. The molecule has 44 heavy (non-hydrogen) atoms. The van der Waals surface area contributed by atoms with Crippen molar-refractivity contribution in [1.29, 1.82) is 0 Å². The summed E-state index contributed by atoms with van der Waals surface area (Å²) in [5.41, 5.74) is 0.296. The minimum Gasteiger partial charge on any atom is -0.486 e. The molecule has 1 atom stereocenters. The number of carbonyl (C=O) groups is 2. The highest BCUT2D eigenvalue weighted by Crippen LogP contribution is 2.39. The number of esters is 1. The third-order valence-electron chi connectivity index (χ3n) is 6.87. The molecule has 238 valence electrons. The Morgan fingerprint density at radius 1 is 1.14 bits per heavy atom. The molecule has 0 saturated carbocycles. The van der Waals surface area contributed by atoms with Crippen molar-refractivity contribution >= 4 is 27.6 Å². The first kappa shape index (κ1) is 32.8. The predicted molar refractivity (Wildman–Crippen MR) is 155 cm³/mol. The number of aromatic nitrogens is 2. The lowest BCUT2D eigenvalue weighted by Gasteiger charge is -2.35. The fourth-order valence-corrected chi connectivity index (χ4v) is 6.30. The molecule has 1 aliphatic heterocycles. The summed E-state index contributed by atoms with van der Waals surface area (Å²) < 4.78 is 82.2. The number of nitrogens with one attached hydrogen (secondary N) is 1. The van der Waals surface area contributed by atoms with E-state index in [1.807, 2.05) is 13.8 Å². The fourth-order valence-electron chi connectivity index (χ4n) is 4.76. The van der Waals surface area contributed by atoms with Crippen molar-refractivity contribution in [3.05, 3.63) is 71.0 Å². The van der Waals surface area contributed by atoms with Crippen molar-refractivity contribution in [2.45, 2.75) is 83.3 Å². The summed E-state index contributed by atoms with van der Waals surface area (Å²) in [4.78, 5) is 24.8. The number of halogens is 3. The van der Waals surface area contributed by atoms with Gasteiger partial charge in [0.05, 0.1) is 41.7 Å². The summed E-state index contributed by atoms with van der Waals surface area (Å²) in [6.45, 7) is 9.48. The number of amides is 1. The molecule has 10 nitrogen and oxygen atoms in total. The van der Waals surface area contributed by atoms with Crippen LogP contribution in [0.25, 0.3) is 0 Å². The van der Waals surface area contributed by atoms with Crippen LogP contribution >= 0.6 is 0 Å². The standard InChI is InChI=1S/C30H35F3N4O6S/c1-6-36-19(2)21(17-35-36)16-34-27(38)15-23-18-37(44(40,41)24-9-7-8-22(14-24)30(31,32)33)25-12-20(10-11-26(25)42-23)13-28(39)43-29(3,4)5/h7-12,14,17,23H,6,13,15-16,18H2,1-5H3,(H,34,38)/t23-/m0/s1. The van der Waals surface area contributed by atoms with Gasteiger partial charge in [-0.3, -0.25) is 18.6 Å². The molecule has 1 amide bonds. The SMILES string of the molecule is CCn1ncc(CNC(=O)C[C@H]2CN(S(=O)(=O)c3cccc(C(F)(F)F)c3)c3cc(CC(=O)OC(C)(C)C)ccc3O2)c1C. The first-order chi connectivity index (χ1) is 20.5. The number of nitrogens with zero attached hydrogens (tertiary/aromatic N) is 3. The van der Waals surface area contributed by atoms with E-state index < -0.39 is 50.2 Å². The smallest absolute Gasteiger partial charge is 0.416 e. The number of anilines is 1. The monoisotopic (exact) mass is 636 g/mol. The van der Waals surface area contributed by atoms with Gasteiger partial charge in [-0.25, -0.2) is 8.42 Å². The van der Waals surface area contributed by atoms with Crippen LogP contribution in [0.3, 0.4) is 0 Å². The van der Waals surface area contributed by atoms with Gasteiger partial charge < -0.3 is 14.8 Å². The van der Waals surface area contributed by atoms with E-state index in [2.05, 4.69) is 10.4 Å². The topological polar surface area (TPSA) is 120 Å². The van der Waals surface area contributed by atoms with Gasteiger partial charge in [-0.1, -0.05) is 12.1 Å². The molecule has 2 heterocycles. The molecular weight excluding hydrogens is 601 g/mol. The maximum atomic E-state index is 13.9. The number of alkyl halides is 3. The number of hydrogen-bond acceptors (Lipinski definition) is 7. The Morgan fingerprint density at radius 2 is 1.86 bits per heavy atom. The first-order valence-electron chi connectivity index (χ1n) is 14.0. The van der Waals surface area contributed by atoms with E-state index in [0.717, 1.165) is 33.8 Å². The second-order valence-corrected chi connectivity index (χ2v) is 13.3. The third kappa shape index (κ3) is 7.71. The molecule has 1 N–H and O–H groups in total. The summed E-state index contributed by atoms with van der Waals surface area (Å²) in [7, 11) is -4.57. The minimum atomic E-state index is -4.76. The van der Waals surface area contributed by atoms with Crippen LogP contribution in [-0.2, 0) is 50.0 Å². The number of sulfonamides is 1. The van der Waals surface area contributed by atoms with Crippen molar-refractivity contribution in [1.82, 2.24) is 15.1 Å². The maximum Gasteiger partial charge on any atom is 0.416 e. The van der Waals surface area contributed by atoms with Crippen molar-refractivity contribution < 1.29 is 40.7 Å². The number of benzene rings is 2. The zero-order valence-electron chi connectivity index (χ0n) is 25.1. The van der Waals surface area contributed by atoms with E-state index in [0.29, 0.717) is 18.2 Å². The highest BCUT2D eigenvalue weighted by atomic mass is 32.2. The number of hydrogen-bond donors (Lipinski definition) is 1. The second-order valence-electron chi connectivity index (χ2n) is 11.4. The molecule has 0 aliphatic carbocycles. The zero-order chi connectivity index (χ0) is 32.4. The van der Waals surface area contributed by atoms with Crippen LogP contribution in [-0.4, -0.2) is 48.3 Å². The van der Waals surface area contributed by atoms with Crippen LogP contribution in [0.2, 0.25) is 0 Å². The zero-order valence-corrected chi connectivity index (χ0v) is 25.9. The van der Waals surface area contributed by atoms with Crippen molar-refractivity contribution in [2.75, 3.05) is 10.8 Å². The van der Waals surface area contributed by atoms with Crippen LogP contribution in [0.15, 0.2) is 53.6 Å². The predicted octanol–water partition coefficient (Wildman–Crippen LogP) is 4.78. The second kappa shape index (κ2) is 12.5. The third-order valence-corrected chi connectivity index (χ3v) is 8.64. The Hall–Kier alpha value is -4.07. The van der Waals surface area contributed by atoms with Crippen LogP contribution < -0.4 is 14.4 Å². The Labute approximate surface area is 254 Å². The average molecular weight is 637 g/mol. The maximum absolute atomic E-state index is 13.9. The number of aryl methyl sites for hydroxylation is 1. The van der Waals surface area contributed by atoms with Gasteiger partial charge in [-0.15, -0.1) is 0 Å². The van der Waals surface area contributed by atoms with Crippen molar-refractivity contribution in [3.63, 3.8) is 0 Å². The quantitative estimate of drug-likeness (QED) is 0.336. The van der Waals surface area contributed by atoms with Gasteiger partial charge in [0.15, 0.2) is 0 Å². The lowest BCUT2D eigenvalue weighted by Crippen LogP contribution is -2.45. The summed E-state index contributed by atoms with van der Waals surface area (Å²) in [6, 6.07) is 7.90. The summed E-state index contributed by atoms with van der Waals surface area (Å²) in [6.07, 6.45) is -4.47. The van der Waals surface area contributed by atoms with E-state index in [1.54, 1.807) is 37.7 Å². The van der Waals surface area contributed by atoms with E-state index in [-0.39, 0.29) is 37.4 Å². The highest BCUT2D eigenvalue weighted by molar-refractivity contribution is 7.92. The molecule has 14 heteroatoms. The van der Waals surface area contributed by atoms with Gasteiger partial charge in [0.1, 0.15) is 17.5 Å². The van der Waals surface area contributed by atoms with Gasteiger partial charge in [0.25, 0.3) is 10.0 Å². The van der Waals surface area contributed by atoms with Crippen molar-refractivity contribution in [3.8, 4) is 5.75 Å². The lowest BCUT2D eigenvalue weighted by molar-refractivity contribution is -0.154. The Balaban J connectivity index is 1.63. The normalized spacial score (nSPS) is 15.4. The highest BCUT2D eigenvalue weighted by Gasteiger charge is 2.38. The number of fused-ring (bicyclic) bond motifs is 1. The molecule has 4 rings (SSSR count). The van der Waals surface area contributed by atoms with Gasteiger partial charge >= 0.3 is 12.1 Å². The van der Waals surface area contributed by atoms with Crippen LogP contribution in [0.5, 0.6) is 5.75 Å². The Morgan fingerprint density at radius 3 is 2.50 bits per heavy atom. The molecule has 3 aromatic rings. The van der Waals surface area contributed by atoms with Crippen molar-refractivity contribution in [2.24, 2.45) is 0 Å². The van der Waals surface area contributed by atoms with Gasteiger partial charge in [-0.2, -0.15) is 18.3 Å². The Bertz CT molecular complexity index is 1650. The molecular formula is C30H35F3N4O6S. The van der Waals surface area contributed by atoms with E-state index >= 15 is 0 Å². The fraction of sp³-hybridized carbons (Fsp3) is 0.433. The molecule has 0 radical (unpaired) electrons. The lowest BCUT2D eigenvalue weighted by atomic mass is 10.1. The molecule has 2 aromatic carbocycles. The van der Waals surface area contributed by atoms with E-state index in [9.17, 15) is 31.2 Å². The van der Waals surface area contributed by atoms with E-state index in [1.165, 1.54) is 12.1 Å². The summed E-state index contributed by atoms with van der Waals surface area (Å²) in [5, 5.41) is 7.04. The van der Waals surface area contributed by atoms with Crippen LogP contribution in [0.1, 0.15) is 56.5 Å².